The van der Waals surface area contributed by atoms with Crippen molar-refractivity contribution >= 4 is 23.2 Å². The molecule has 1 aliphatic heterocycles. The number of nitrogens with one attached hydrogen (secondary N) is 1. The van der Waals surface area contributed by atoms with Crippen LogP contribution in [-0.2, 0) is 16.0 Å². The summed E-state index contributed by atoms with van der Waals surface area (Å²) in [7, 11) is 3.20. The van der Waals surface area contributed by atoms with Crippen molar-refractivity contribution in [3.63, 3.8) is 0 Å². The van der Waals surface area contributed by atoms with Crippen LogP contribution in [0, 0.1) is 0 Å². The Labute approximate surface area is 159 Å². The van der Waals surface area contributed by atoms with Crippen molar-refractivity contribution in [1.82, 2.24) is 0 Å². The van der Waals surface area contributed by atoms with E-state index in [1.807, 2.05) is 43.3 Å². The molecule has 0 radical (unpaired) electrons. The van der Waals surface area contributed by atoms with E-state index in [1.165, 1.54) is 0 Å². The normalized spacial score (nSPS) is 16.2. The van der Waals surface area contributed by atoms with Crippen LogP contribution in [0.1, 0.15) is 25.3 Å². The van der Waals surface area contributed by atoms with Crippen molar-refractivity contribution in [3.05, 3.63) is 48.0 Å². The van der Waals surface area contributed by atoms with Crippen LogP contribution in [-0.4, -0.2) is 32.1 Å². The molecule has 1 unspecified atom stereocenters. The van der Waals surface area contributed by atoms with Gasteiger partial charge in [0.15, 0.2) is 0 Å². The molecule has 0 fully saturated rings. The second-order valence-electron chi connectivity index (χ2n) is 6.60. The molecule has 142 valence electrons. The van der Waals surface area contributed by atoms with E-state index in [0.717, 1.165) is 11.3 Å². The molecule has 0 aliphatic carbocycles. The third-order valence-electron chi connectivity index (χ3n) is 4.67. The minimum Gasteiger partial charge on any atom is -0.497 e. The summed E-state index contributed by atoms with van der Waals surface area (Å²) < 4.78 is 10.6. The first-order valence-corrected chi connectivity index (χ1v) is 8.94. The van der Waals surface area contributed by atoms with Gasteiger partial charge in [0.25, 0.3) is 0 Å². The lowest BCUT2D eigenvalue weighted by atomic mass is 10.1. The van der Waals surface area contributed by atoms with Crippen LogP contribution >= 0.6 is 0 Å². The first kappa shape index (κ1) is 18.8. The number of carbonyl (C=O) groups is 2. The second kappa shape index (κ2) is 8.12. The van der Waals surface area contributed by atoms with Gasteiger partial charge in [-0.25, -0.2) is 0 Å². The van der Waals surface area contributed by atoms with E-state index in [4.69, 9.17) is 9.47 Å². The predicted molar refractivity (Wildman–Crippen MR) is 105 cm³/mol. The molecular weight excluding hydrogens is 344 g/mol. The molecule has 0 bridgehead atoms. The van der Waals surface area contributed by atoms with Gasteiger partial charge < -0.3 is 19.7 Å². The molecule has 2 aromatic rings. The molecule has 0 saturated heterocycles. The second-order valence-corrected chi connectivity index (χ2v) is 6.60. The summed E-state index contributed by atoms with van der Waals surface area (Å²) in [6.45, 7) is 1.90. The zero-order valence-electron chi connectivity index (χ0n) is 15.8. The Hall–Kier alpha value is -3.02. The molecule has 1 aliphatic rings. The summed E-state index contributed by atoms with van der Waals surface area (Å²) in [4.78, 5) is 26.8. The van der Waals surface area contributed by atoms with Crippen LogP contribution in [0.15, 0.2) is 42.5 Å². The van der Waals surface area contributed by atoms with Gasteiger partial charge in [0.1, 0.15) is 11.5 Å². The summed E-state index contributed by atoms with van der Waals surface area (Å²) >= 11 is 0. The number of methoxy groups -OCH3 is 2. The number of carbonyl (C=O) groups excluding carboxylic acids is 2. The summed E-state index contributed by atoms with van der Waals surface area (Å²) in [5.74, 6) is 1.29. The first-order chi connectivity index (χ1) is 13.0. The van der Waals surface area contributed by atoms with Gasteiger partial charge in [0.2, 0.25) is 11.8 Å². The maximum atomic E-state index is 13.0. The zero-order valence-corrected chi connectivity index (χ0v) is 15.8. The van der Waals surface area contributed by atoms with Crippen molar-refractivity contribution < 1.29 is 19.1 Å². The number of rotatable bonds is 5. The number of ether oxygens (including phenoxy) is 2. The van der Waals surface area contributed by atoms with Gasteiger partial charge in [-0.15, -0.1) is 0 Å². The summed E-state index contributed by atoms with van der Waals surface area (Å²) in [5.41, 5.74) is 2.37. The van der Waals surface area contributed by atoms with Gasteiger partial charge in [-0.3, -0.25) is 9.59 Å². The number of benzene rings is 2. The van der Waals surface area contributed by atoms with Crippen molar-refractivity contribution in [2.45, 2.75) is 32.2 Å². The van der Waals surface area contributed by atoms with Crippen LogP contribution in [0.25, 0.3) is 0 Å². The lowest BCUT2D eigenvalue weighted by Gasteiger charge is -2.28. The Bertz CT molecular complexity index is 828. The lowest BCUT2D eigenvalue weighted by molar-refractivity contribution is -0.119. The molecule has 2 aromatic carbocycles. The van der Waals surface area contributed by atoms with Crippen LogP contribution in [0.3, 0.4) is 0 Å². The number of anilines is 2. The molecule has 6 heteroatoms. The van der Waals surface area contributed by atoms with Crippen LogP contribution in [0.5, 0.6) is 11.5 Å². The number of fused-ring (bicyclic) bond motifs is 1. The molecule has 6 nitrogen and oxygen atoms in total. The summed E-state index contributed by atoms with van der Waals surface area (Å²) in [6, 6.07) is 12.8. The first-order valence-electron chi connectivity index (χ1n) is 8.94. The van der Waals surface area contributed by atoms with Gasteiger partial charge in [-0.2, -0.15) is 0 Å². The van der Waals surface area contributed by atoms with Gasteiger partial charge in [0.05, 0.1) is 25.6 Å². The highest BCUT2D eigenvalue weighted by molar-refractivity contribution is 6.04. The van der Waals surface area contributed by atoms with E-state index >= 15 is 0 Å². The van der Waals surface area contributed by atoms with Crippen molar-refractivity contribution in [1.29, 1.82) is 0 Å². The Balaban J connectivity index is 1.80. The smallest absolute Gasteiger partial charge is 0.227 e. The summed E-state index contributed by atoms with van der Waals surface area (Å²) in [6.07, 6.45) is 1.15. The standard InChI is InChI=1S/C21H24N2O4/c1-14-10-20(24)22-18-6-4-5-7-19(18)23(14)21(25)9-8-15-11-16(26-2)13-17(12-15)27-3/h4-7,11-14H,8-10H2,1-3H3,(H,22,24). The number of hydrogen-bond acceptors (Lipinski definition) is 4. The predicted octanol–water partition coefficient (Wildman–Crippen LogP) is 3.40. The Kier molecular flexibility index (Phi) is 5.64. The molecule has 1 heterocycles. The van der Waals surface area contributed by atoms with Gasteiger partial charge in [-0.05, 0) is 43.2 Å². The molecule has 1 atom stereocenters. The molecule has 0 aromatic heterocycles. The van der Waals surface area contributed by atoms with Crippen LogP contribution < -0.4 is 19.7 Å². The highest BCUT2D eigenvalue weighted by Crippen LogP contribution is 2.32. The fourth-order valence-corrected chi connectivity index (χ4v) is 3.35. The quantitative estimate of drug-likeness (QED) is 0.878. The van der Waals surface area contributed by atoms with E-state index in [0.29, 0.717) is 30.0 Å². The van der Waals surface area contributed by atoms with Crippen LogP contribution in [0.4, 0.5) is 11.4 Å². The van der Waals surface area contributed by atoms with E-state index in [-0.39, 0.29) is 24.3 Å². The SMILES string of the molecule is COc1cc(CCC(=O)N2c3ccccc3NC(=O)CC2C)cc(OC)c1. The number of para-hydroxylation sites is 2. The number of hydrogen-bond donors (Lipinski definition) is 1. The van der Waals surface area contributed by atoms with Crippen molar-refractivity contribution in [2.75, 3.05) is 24.4 Å². The molecule has 2 amide bonds. The van der Waals surface area contributed by atoms with E-state index in [2.05, 4.69) is 5.32 Å². The molecule has 3 rings (SSSR count). The largest absolute Gasteiger partial charge is 0.497 e. The molecule has 0 saturated carbocycles. The van der Waals surface area contributed by atoms with E-state index in [1.54, 1.807) is 25.2 Å². The van der Waals surface area contributed by atoms with E-state index < -0.39 is 0 Å². The summed E-state index contributed by atoms with van der Waals surface area (Å²) in [5, 5.41) is 2.88. The zero-order chi connectivity index (χ0) is 19.4. The molecule has 1 N–H and O–H groups in total. The highest BCUT2D eigenvalue weighted by atomic mass is 16.5. The lowest BCUT2D eigenvalue weighted by Crippen LogP contribution is -2.39. The average Bonchev–Trinajstić information content (AvgIpc) is 2.79. The Morgan fingerprint density at radius 2 is 1.81 bits per heavy atom. The minimum absolute atomic E-state index is 0.0202. The van der Waals surface area contributed by atoms with Gasteiger partial charge in [-0.1, -0.05) is 12.1 Å². The number of aryl methyl sites for hydroxylation is 1. The van der Waals surface area contributed by atoms with Crippen LogP contribution in [0.2, 0.25) is 0 Å². The molecule has 27 heavy (non-hydrogen) atoms. The number of nitrogens with zero attached hydrogens (tertiary/aromatic N) is 1. The molecule has 0 spiro atoms. The van der Waals surface area contributed by atoms with E-state index in [9.17, 15) is 9.59 Å². The highest BCUT2D eigenvalue weighted by Gasteiger charge is 2.29. The Morgan fingerprint density at radius 3 is 2.48 bits per heavy atom. The minimum atomic E-state index is -0.207. The Morgan fingerprint density at radius 1 is 1.15 bits per heavy atom. The monoisotopic (exact) mass is 368 g/mol. The maximum Gasteiger partial charge on any atom is 0.227 e. The number of amides is 2. The van der Waals surface area contributed by atoms with Crippen molar-refractivity contribution in [3.8, 4) is 11.5 Å². The fourth-order valence-electron chi connectivity index (χ4n) is 3.35. The third-order valence-corrected chi connectivity index (χ3v) is 4.67. The average molecular weight is 368 g/mol. The maximum absolute atomic E-state index is 13.0. The van der Waals surface area contributed by atoms with Gasteiger partial charge >= 0.3 is 0 Å². The van der Waals surface area contributed by atoms with Crippen molar-refractivity contribution in [2.24, 2.45) is 0 Å². The molecular formula is C21H24N2O4. The topological polar surface area (TPSA) is 67.9 Å². The van der Waals surface area contributed by atoms with Gasteiger partial charge in [0, 0.05) is 24.9 Å². The fraction of sp³-hybridized carbons (Fsp3) is 0.333. The third kappa shape index (κ3) is 4.22.